The summed E-state index contributed by atoms with van der Waals surface area (Å²) in [4.78, 5) is 10.8. The minimum absolute atomic E-state index is 0.270. The maximum absolute atomic E-state index is 10.8. The molecule has 0 unspecified atom stereocenters. The van der Waals surface area contributed by atoms with Crippen molar-refractivity contribution in [2.45, 2.75) is 23.8 Å². The van der Waals surface area contributed by atoms with E-state index < -0.39 is 0 Å². The Morgan fingerprint density at radius 3 is 2.71 bits per heavy atom. The van der Waals surface area contributed by atoms with Gasteiger partial charge in [-0.3, -0.25) is 4.79 Å². The third kappa shape index (κ3) is 4.07. The zero-order valence-corrected chi connectivity index (χ0v) is 12.4. The fraction of sp³-hybridized carbons (Fsp3) is 0.286. The minimum atomic E-state index is -0.343. The van der Waals surface area contributed by atoms with E-state index in [1.165, 1.54) is 0 Å². The summed E-state index contributed by atoms with van der Waals surface area (Å²) >= 11 is 1.56. The van der Waals surface area contributed by atoms with Gasteiger partial charge in [-0.15, -0.1) is 10.2 Å². The number of carbonyl (C=O) groups is 1. The molecule has 1 aromatic carbocycles. The number of rotatable bonds is 6. The Morgan fingerprint density at radius 1 is 1.38 bits per heavy atom. The molecule has 2 N–H and O–H groups in total. The monoisotopic (exact) mass is 301 g/mol. The summed E-state index contributed by atoms with van der Waals surface area (Å²) in [5.74, 6) is 1.15. The molecule has 0 fully saturated rings. The molecule has 6 nitrogen and oxygen atoms in total. The molecule has 1 heterocycles. The number of primary amides is 1. The second-order valence-corrected chi connectivity index (χ2v) is 5.46. The third-order valence-corrected chi connectivity index (χ3v) is 4.06. The average Bonchev–Trinajstić information content (AvgIpc) is 2.84. The van der Waals surface area contributed by atoms with Crippen molar-refractivity contribution in [3.63, 3.8) is 0 Å². The number of nitrogens with two attached hydrogens (primary N) is 1. The number of carbonyl (C=O) groups excluding carboxylic acids is 1. The van der Waals surface area contributed by atoms with E-state index in [-0.39, 0.29) is 12.3 Å². The minimum Gasteiger partial charge on any atom is -0.370 e. The number of hydrogen-bond acceptors (Lipinski definition) is 5. The van der Waals surface area contributed by atoms with E-state index in [9.17, 15) is 4.79 Å². The van der Waals surface area contributed by atoms with Crippen molar-refractivity contribution in [1.29, 1.82) is 5.26 Å². The highest BCUT2D eigenvalue weighted by molar-refractivity contribution is 7.98. The number of amides is 1. The van der Waals surface area contributed by atoms with Crippen molar-refractivity contribution >= 4 is 17.7 Å². The van der Waals surface area contributed by atoms with Crippen molar-refractivity contribution in [3.05, 3.63) is 41.2 Å². The molecule has 0 aliphatic heterocycles. The fourth-order valence-electron chi connectivity index (χ4n) is 1.75. The Kier molecular flexibility index (Phi) is 4.95. The summed E-state index contributed by atoms with van der Waals surface area (Å²) < 4.78 is 1.87. The molecule has 0 saturated carbocycles. The number of aromatic nitrogens is 3. The molecule has 1 aromatic heterocycles. The van der Waals surface area contributed by atoms with Gasteiger partial charge in [-0.2, -0.15) is 5.26 Å². The van der Waals surface area contributed by atoms with Crippen LogP contribution in [0.4, 0.5) is 0 Å². The molecule has 0 aliphatic carbocycles. The van der Waals surface area contributed by atoms with Crippen LogP contribution in [-0.2, 0) is 24.0 Å². The Morgan fingerprint density at radius 2 is 2.10 bits per heavy atom. The third-order valence-electron chi connectivity index (χ3n) is 2.97. The maximum Gasteiger partial charge on any atom is 0.217 e. The van der Waals surface area contributed by atoms with Gasteiger partial charge in [0.25, 0.3) is 0 Å². The molecular weight excluding hydrogens is 286 g/mol. The van der Waals surface area contributed by atoms with E-state index in [1.807, 2.05) is 23.7 Å². The lowest BCUT2D eigenvalue weighted by Crippen LogP contribution is -2.12. The van der Waals surface area contributed by atoms with E-state index in [2.05, 4.69) is 16.3 Å². The zero-order chi connectivity index (χ0) is 15.2. The summed E-state index contributed by atoms with van der Waals surface area (Å²) in [5, 5.41) is 17.7. The number of aryl methyl sites for hydroxylation is 1. The van der Waals surface area contributed by atoms with Crippen LogP contribution >= 0.6 is 11.8 Å². The van der Waals surface area contributed by atoms with Crippen molar-refractivity contribution < 1.29 is 4.79 Å². The Balaban J connectivity index is 1.96. The van der Waals surface area contributed by atoms with E-state index >= 15 is 0 Å². The lowest BCUT2D eigenvalue weighted by molar-refractivity contribution is -0.118. The first-order valence-corrected chi connectivity index (χ1v) is 7.37. The highest BCUT2D eigenvalue weighted by Gasteiger charge is 2.10. The lowest BCUT2D eigenvalue weighted by Gasteiger charge is -2.03. The summed E-state index contributed by atoms with van der Waals surface area (Å²) in [6.45, 7) is 0. The van der Waals surface area contributed by atoms with Crippen molar-refractivity contribution in [3.8, 4) is 6.07 Å². The van der Waals surface area contributed by atoms with Crippen molar-refractivity contribution in [2.24, 2.45) is 12.8 Å². The zero-order valence-electron chi connectivity index (χ0n) is 11.6. The van der Waals surface area contributed by atoms with Crippen LogP contribution in [0.25, 0.3) is 0 Å². The number of benzene rings is 1. The van der Waals surface area contributed by atoms with E-state index in [1.54, 1.807) is 23.9 Å². The highest BCUT2D eigenvalue weighted by Crippen LogP contribution is 2.21. The van der Waals surface area contributed by atoms with Crippen LogP contribution in [0, 0.1) is 11.3 Å². The van der Waals surface area contributed by atoms with Crippen LogP contribution in [-0.4, -0.2) is 20.7 Å². The highest BCUT2D eigenvalue weighted by atomic mass is 32.2. The standard InChI is InChI=1S/C14H15N5OS/c1-19-13(7-6-12(16)20)17-18-14(19)21-9-11-4-2-10(8-15)3-5-11/h2-5H,6-7,9H2,1H3,(H2,16,20). The Labute approximate surface area is 127 Å². The number of nitrogens with zero attached hydrogens (tertiary/aromatic N) is 4. The van der Waals surface area contributed by atoms with Crippen LogP contribution in [0.15, 0.2) is 29.4 Å². The van der Waals surface area contributed by atoms with Gasteiger partial charge >= 0.3 is 0 Å². The molecule has 2 rings (SSSR count). The summed E-state index contributed by atoms with van der Waals surface area (Å²) in [5.41, 5.74) is 6.89. The van der Waals surface area contributed by atoms with Gasteiger partial charge < -0.3 is 10.3 Å². The Hall–Kier alpha value is -2.33. The fourth-order valence-corrected chi connectivity index (χ4v) is 2.63. The smallest absolute Gasteiger partial charge is 0.217 e. The van der Waals surface area contributed by atoms with Gasteiger partial charge in [0.1, 0.15) is 5.82 Å². The molecule has 0 bridgehead atoms. The Bertz CT molecular complexity index is 672. The largest absolute Gasteiger partial charge is 0.370 e. The van der Waals surface area contributed by atoms with Gasteiger partial charge in [-0.1, -0.05) is 23.9 Å². The summed E-state index contributed by atoms with van der Waals surface area (Å²) in [6, 6.07) is 9.54. The molecule has 0 atom stereocenters. The molecule has 0 radical (unpaired) electrons. The molecule has 108 valence electrons. The van der Waals surface area contributed by atoms with Crippen LogP contribution in [0.3, 0.4) is 0 Å². The van der Waals surface area contributed by atoms with Crippen molar-refractivity contribution in [1.82, 2.24) is 14.8 Å². The average molecular weight is 301 g/mol. The van der Waals surface area contributed by atoms with Gasteiger partial charge in [0.15, 0.2) is 5.16 Å². The second kappa shape index (κ2) is 6.90. The molecular formula is C14H15N5OS. The normalized spacial score (nSPS) is 10.3. The molecule has 0 aliphatic rings. The summed E-state index contributed by atoms with van der Waals surface area (Å²) in [6.07, 6.45) is 0.766. The first-order valence-electron chi connectivity index (χ1n) is 6.38. The predicted molar refractivity (Wildman–Crippen MR) is 79.2 cm³/mol. The topological polar surface area (TPSA) is 97.6 Å². The van der Waals surface area contributed by atoms with E-state index in [4.69, 9.17) is 11.0 Å². The molecule has 1 amide bonds. The van der Waals surface area contributed by atoms with Crippen LogP contribution in [0.2, 0.25) is 0 Å². The number of nitriles is 1. The van der Waals surface area contributed by atoms with Crippen LogP contribution < -0.4 is 5.73 Å². The second-order valence-electron chi connectivity index (χ2n) is 4.52. The first kappa shape index (κ1) is 15.1. The van der Waals surface area contributed by atoms with Gasteiger partial charge in [0.05, 0.1) is 11.6 Å². The lowest BCUT2D eigenvalue weighted by atomic mass is 10.2. The number of thioether (sulfide) groups is 1. The van der Waals surface area contributed by atoms with E-state index in [0.717, 1.165) is 22.3 Å². The van der Waals surface area contributed by atoms with Crippen LogP contribution in [0.1, 0.15) is 23.4 Å². The molecule has 7 heteroatoms. The molecule has 21 heavy (non-hydrogen) atoms. The maximum atomic E-state index is 10.8. The van der Waals surface area contributed by atoms with Gasteiger partial charge in [-0.25, -0.2) is 0 Å². The number of hydrogen-bond donors (Lipinski definition) is 1. The van der Waals surface area contributed by atoms with Gasteiger partial charge in [0.2, 0.25) is 5.91 Å². The van der Waals surface area contributed by atoms with Gasteiger partial charge in [-0.05, 0) is 17.7 Å². The van der Waals surface area contributed by atoms with Crippen LogP contribution in [0.5, 0.6) is 0 Å². The summed E-state index contributed by atoms with van der Waals surface area (Å²) in [7, 11) is 1.87. The molecule has 0 saturated heterocycles. The van der Waals surface area contributed by atoms with Crippen molar-refractivity contribution in [2.75, 3.05) is 0 Å². The predicted octanol–water partition coefficient (Wildman–Crippen LogP) is 1.40. The molecule has 0 spiro atoms. The quantitative estimate of drug-likeness (QED) is 0.813. The first-order chi connectivity index (χ1) is 10.1. The van der Waals surface area contributed by atoms with Gasteiger partial charge in [0, 0.05) is 25.6 Å². The van der Waals surface area contributed by atoms with E-state index in [0.29, 0.717) is 12.0 Å². The molecule has 2 aromatic rings. The SMILES string of the molecule is Cn1c(CCC(N)=O)nnc1SCc1ccc(C#N)cc1.